The first-order chi connectivity index (χ1) is 8.59. The number of rotatable bonds is 5. The summed E-state index contributed by atoms with van der Waals surface area (Å²) in [6, 6.07) is 0. The number of hydrogen-bond acceptors (Lipinski definition) is 3. The molecule has 18 heavy (non-hydrogen) atoms. The fourth-order valence-corrected chi connectivity index (χ4v) is 3.07. The first-order valence-corrected chi connectivity index (χ1v) is 7.15. The summed E-state index contributed by atoms with van der Waals surface area (Å²) < 4.78 is 11.6. The number of hydrogen-bond donors (Lipinski definition) is 0. The molecule has 3 nitrogen and oxygen atoms in total. The van der Waals surface area contributed by atoms with Crippen LogP contribution in [0.1, 0.15) is 58.8 Å². The highest BCUT2D eigenvalue weighted by Crippen LogP contribution is 2.50. The molecule has 1 saturated carbocycles. The van der Waals surface area contributed by atoms with Crippen molar-refractivity contribution in [3.05, 3.63) is 12.2 Å². The lowest BCUT2D eigenvalue weighted by molar-refractivity contribution is -0.377. The van der Waals surface area contributed by atoms with Crippen molar-refractivity contribution < 1.29 is 14.3 Å². The highest BCUT2D eigenvalue weighted by molar-refractivity contribution is 5.87. The van der Waals surface area contributed by atoms with Crippen LogP contribution in [-0.4, -0.2) is 17.9 Å². The molecule has 1 aliphatic heterocycles. The molecular formula is C15H24O3. The molecule has 0 aromatic rings. The number of ether oxygens (including phenoxy) is 2. The first kappa shape index (κ1) is 13.6. The third-order valence-electron chi connectivity index (χ3n) is 4.11. The molecule has 1 saturated heterocycles. The Labute approximate surface area is 110 Å². The van der Waals surface area contributed by atoms with Gasteiger partial charge in [0.1, 0.15) is 0 Å². The molecule has 0 radical (unpaired) electrons. The van der Waals surface area contributed by atoms with Crippen LogP contribution in [0.4, 0.5) is 0 Å². The van der Waals surface area contributed by atoms with E-state index in [0.717, 1.165) is 32.1 Å². The largest absolute Gasteiger partial charge is 0.429 e. The van der Waals surface area contributed by atoms with Gasteiger partial charge in [0.15, 0.2) is 0 Å². The van der Waals surface area contributed by atoms with Gasteiger partial charge in [0.2, 0.25) is 5.79 Å². The average molecular weight is 252 g/mol. The number of esters is 1. The molecule has 3 heteroatoms. The van der Waals surface area contributed by atoms with Crippen molar-refractivity contribution in [1.82, 2.24) is 0 Å². The lowest BCUT2D eigenvalue weighted by Crippen LogP contribution is -2.63. The van der Waals surface area contributed by atoms with Gasteiger partial charge in [0, 0.05) is 12.0 Å². The van der Waals surface area contributed by atoms with Crippen molar-refractivity contribution in [3.63, 3.8) is 0 Å². The molecule has 0 amide bonds. The van der Waals surface area contributed by atoms with Crippen LogP contribution in [0.3, 0.4) is 0 Å². The summed E-state index contributed by atoms with van der Waals surface area (Å²) in [7, 11) is 0. The minimum Gasteiger partial charge on any atom is -0.429 e. The Bertz CT molecular complexity index is 333. The molecule has 0 bridgehead atoms. The lowest BCUT2D eigenvalue weighted by atomic mass is 9.73. The lowest BCUT2D eigenvalue weighted by Gasteiger charge is -2.55. The fraction of sp³-hybridized carbons (Fsp3) is 0.800. The second kappa shape index (κ2) is 5.43. The van der Waals surface area contributed by atoms with E-state index in [-0.39, 0.29) is 5.97 Å². The highest BCUT2D eigenvalue weighted by Gasteiger charge is 2.58. The predicted molar refractivity (Wildman–Crippen MR) is 70.0 cm³/mol. The third-order valence-corrected chi connectivity index (χ3v) is 4.11. The van der Waals surface area contributed by atoms with Gasteiger partial charge in [-0.2, -0.15) is 0 Å². The van der Waals surface area contributed by atoms with E-state index >= 15 is 0 Å². The summed E-state index contributed by atoms with van der Waals surface area (Å²) in [5.41, 5.74) is 0.453. The minimum absolute atomic E-state index is 0.310. The molecule has 2 rings (SSSR count). The van der Waals surface area contributed by atoms with Crippen molar-refractivity contribution in [2.75, 3.05) is 0 Å². The van der Waals surface area contributed by atoms with Crippen LogP contribution in [0.25, 0.3) is 0 Å². The van der Waals surface area contributed by atoms with Crippen molar-refractivity contribution in [2.45, 2.75) is 70.7 Å². The van der Waals surface area contributed by atoms with Crippen LogP contribution < -0.4 is 0 Å². The zero-order valence-electron chi connectivity index (χ0n) is 11.5. The Morgan fingerprint density at radius 3 is 2.78 bits per heavy atom. The maximum atomic E-state index is 11.8. The Balaban J connectivity index is 2.04. The summed E-state index contributed by atoms with van der Waals surface area (Å²) in [5, 5.41) is 0. The van der Waals surface area contributed by atoms with Crippen LogP contribution in [-0.2, 0) is 14.3 Å². The van der Waals surface area contributed by atoms with Crippen LogP contribution in [0.15, 0.2) is 12.2 Å². The van der Waals surface area contributed by atoms with Crippen molar-refractivity contribution in [2.24, 2.45) is 5.92 Å². The van der Waals surface area contributed by atoms with Crippen LogP contribution in [0, 0.1) is 5.92 Å². The van der Waals surface area contributed by atoms with E-state index in [1.54, 1.807) is 6.92 Å². The molecule has 0 aromatic carbocycles. The molecule has 0 N–H and O–H groups in total. The normalized spacial score (nSPS) is 34.3. The SMILES string of the molecule is C=C(C)C(=O)OC1(CCCC)OC2CCCCC21. The van der Waals surface area contributed by atoms with E-state index in [0.29, 0.717) is 17.6 Å². The van der Waals surface area contributed by atoms with Crippen molar-refractivity contribution in [3.8, 4) is 0 Å². The van der Waals surface area contributed by atoms with E-state index in [2.05, 4.69) is 13.5 Å². The van der Waals surface area contributed by atoms with Crippen molar-refractivity contribution in [1.29, 1.82) is 0 Å². The van der Waals surface area contributed by atoms with Crippen molar-refractivity contribution >= 4 is 5.97 Å². The quantitative estimate of drug-likeness (QED) is 0.554. The second-order valence-electron chi connectivity index (χ2n) is 5.63. The molecule has 3 unspecified atom stereocenters. The monoisotopic (exact) mass is 252 g/mol. The number of carbonyl (C=O) groups excluding carboxylic acids is 1. The molecule has 102 valence electrons. The standard InChI is InChI=1S/C15H24O3/c1-4-5-10-15(18-14(16)11(2)3)12-8-6-7-9-13(12)17-15/h12-13H,2,4-10H2,1,3H3. The zero-order chi connectivity index (χ0) is 13.2. The van der Waals surface area contributed by atoms with Crippen LogP contribution in [0.5, 0.6) is 0 Å². The van der Waals surface area contributed by atoms with Gasteiger partial charge in [-0.15, -0.1) is 0 Å². The number of unbranched alkanes of at least 4 members (excludes halogenated alkanes) is 1. The average Bonchev–Trinajstić information content (AvgIpc) is 2.33. The molecule has 0 spiro atoms. The molecule has 1 aliphatic carbocycles. The molecular weight excluding hydrogens is 228 g/mol. The maximum absolute atomic E-state index is 11.8. The summed E-state index contributed by atoms with van der Waals surface area (Å²) in [5.74, 6) is -0.548. The van der Waals surface area contributed by atoms with Gasteiger partial charge in [0.25, 0.3) is 0 Å². The van der Waals surface area contributed by atoms with Gasteiger partial charge in [-0.05, 0) is 26.2 Å². The van der Waals surface area contributed by atoms with Crippen LogP contribution in [0.2, 0.25) is 0 Å². The van der Waals surface area contributed by atoms with E-state index < -0.39 is 5.79 Å². The van der Waals surface area contributed by atoms with Gasteiger partial charge in [-0.1, -0.05) is 32.8 Å². The predicted octanol–water partition coefficient (Wildman–Crippen LogP) is 3.58. The topological polar surface area (TPSA) is 35.5 Å². The zero-order valence-corrected chi connectivity index (χ0v) is 11.5. The number of carbonyl (C=O) groups is 1. The maximum Gasteiger partial charge on any atom is 0.335 e. The molecule has 1 heterocycles. The smallest absolute Gasteiger partial charge is 0.335 e. The Hall–Kier alpha value is -0.830. The van der Waals surface area contributed by atoms with E-state index in [4.69, 9.17) is 9.47 Å². The summed E-state index contributed by atoms with van der Waals surface area (Å²) in [6.07, 6.45) is 7.96. The molecule has 3 atom stereocenters. The number of fused-ring (bicyclic) bond motifs is 1. The van der Waals surface area contributed by atoms with Gasteiger partial charge in [-0.25, -0.2) is 4.79 Å². The van der Waals surface area contributed by atoms with Gasteiger partial charge in [-0.3, -0.25) is 0 Å². The Morgan fingerprint density at radius 2 is 2.17 bits per heavy atom. The fourth-order valence-electron chi connectivity index (χ4n) is 3.07. The summed E-state index contributed by atoms with van der Waals surface area (Å²) in [4.78, 5) is 11.8. The van der Waals surface area contributed by atoms with E-state index in [1.807, 2.05) is 0 Å². The molecule has 2 aliphatic rings. The van der Waals surface area contributed by atoms with Gasteiger partial charge in [0.05, 0.1) is 12.0 Å². The van der Waals surface area contributed by atoms with E-state index in [9.17, 15) is 4.79 Å². The minimum atomic E-state index is -0.642. The summed E-state index contributed by atoms with van der Waals surface area (Å²) in [6.45, 7) is 7.48. The molecule has 2 fully saturated rings. The van der Waals surface area contributed by atoms with E-state index in [1.165, 1.54) is 12.8 Å². The Kier molecular flexibility index (Phi) is 4.10. The second-order valence-corrected chi connectivity index (χ2v) is 5.63. The Morgan fingerprint density at radius 1 is 1.44 bits per heavy atom. The summed E-state index contributed by atoms with van der Waals surface area (Å²) >= 11 is 0. The molecule has 0 aromatic heterocycles. The highest BCUT2D eigenvalue weighted by atomic mass is 16.7. The third kappa shape index (κ3) is 2.46. The first-order valence-electron chi connectivity index (χ1n) is 7.15. The van der Waals surface area contributed by atoms with Crippen LogP contribution >= 0.6 is 0 Å². The van der Waals surface area contributed by atoms with Gasteiger partial charge < -0.3 is 9.47 Å². The van der Waals surface area contributed by atoms with Gasteiger partial charge >= 0.3 is 5.97 Å².